The molecule has 1 aliphatic rings. The van der Waals surface area contributed by atoms with E-state index in [1.165, 1.54) is 0 Å². The van der Waals surface area contributed by atoms with Crippen LogP contribution in [-0.4, -0.2) is 44.1 Å². The molecule has 1 heterocycles. The zero-order chi connectivity index (χ0) is 17.0. The molecular weight excluding hydrogens is 292 g/mol. The highest BCUT2D eigenvalue weighted by Gasteiger charge is 2.27. The average Bonchev–Trinajstić information content (AvgIpc) is 2.98. The van der Waals surface area contributed by atoms with Gasteiger partial charge in [0, 0.05) is 38.5 Å². The number of hydroxylamine groups is 1. The maximum Gasteiger partial charge on any atom is 0.147 e. The van der Waals surface area contributed by atoms with Gasteiger partial charge in [-0.25, -0.2) is 0 Å². The number of hydrogen-bond acceptors (Lipinski definition) is 5. The van der Waals surface area contributed by atoms with E-state index >= 15 is 0 Å². The van der Waals surface area contributed by atoms with E-state index in [0.29, 0.717) is 11.5 Å². The van der Waals surface area contributed by atoms with Crippen molar-refractivity contribution < 1.29 is 9.57 Å². The molecule has 4 N–H and O–H groups in total. The number of nitrogens with two attached hydrogens (primary N) is 1. The predicted octanol–water partition coefficient (Wildman–Crippen LogP) is 1.90. The Balaban J connectivity index is 2.30. The van der Waals surface area contributed by atoms with Crippen LogP contribution in [0.4, 0.5) is 0 Å². The van der Waals surface area contributed by atoms with Gasteiger partial charge in [0.15, 0.2) is 0 Å². The summed E-state index contributed by atoms with van der Waals surface area (Å²) in [4.78, 5) is 7.32. The Morgan fingerprint density at radius 2 is 2.17 bits per heavy atom. The van der Waals surface area contributed by atoms with Gasteiger partial charge in [-0.2, -0.15) is 5.48 Å². The summed E-state index contributed by atoms with van der Waals surface area (Å²) in [5.74, 6) is 1.19. The second kappa shape index (κ2) is 7.48. The van der Waals surface area contributed by atoms with Gasteiger partial charge in [0.2, 0.25) is 0 Å². The van der Waals surface area contributed by atoms with E-state index in [9.17, 15) is 0 Å². The molecule has 23 heavy (non-hydrogen) atoms. The van der Waals surface area contributed by atoms with E-state index in [0.717, 1.165) is 42.0 Å². The summed E-state index contributed by atoms with van der Waals surface area (Å²) in [5.41, 5.74) is 12.2. The lowest BCUT2D eigenvalue weighted by Gasteiger charge is -2.23. The van der Waals surface area contributed by atoms with Crippen molar-refractivity contribution in [2.75, 3.05) is 27.2 Å². The first-order valence-electron chi connectivity index (χ1n) is 7.75. The molecule has 0 bridgehead atoms. The minimum atomic E-state index is 0.183. The number of ether oxygens (including phenoxy) is 1. The standard InChI is InChI=1S/C17H26N4O2/c1-11-9-13(23-20-3)5-6-15(11)16(12(2)18)17(19)21-8-7-14(10-21)22-4/h5-6,9,14,19-20H,7-8,10,18H2,1-4H3/t14-/m0/s1. The molecule has 6 heteroatoms. The number of rotatable bonds is 5. The molecule has 0 saturated carbocycles. The summed E-state index contributed by atoms with van der Waals surface area (Å²) < 4.78 is 5.39. The fourth-order valence-corrected chi connectivity index (χ4v) is 2.91. The highest BCUT2D eigenvalue weighted by Crippen LogP contribution is 2.28. The van der Waals surface area contributed by atoms with Crippen LogP contribution in [0, 0.1) is 12.3 Å². The van der Waals surface area contributed by atoms with E-state index in [1.807, 2.05) is 36.9 Å². The first-order valence-corrected chi connectivity index (χ1v) is 7.75. The lowest BCUT2D eigenvalue weighted by atomic mass is 9.97. The molecule has 0 spiro atoms. The molecule has 0 radical (unpaired) electrons. The fraction of sp³-hybridized carbons (Fsp3) is 0.471. The molecule has 2 rings (SSSR count). The van der Waals surface area contributed by atoms with Crippen LogP contribution in [0.15, 0.2) is 23.9 Å². The predicted molar refractivity (Wildman–Crippen MR) is 92.4 cm³/mol. The Kier molecular flexibility index (Phi) is 5.63. The smallest absolute Gasteiger partial charge is 0.147 e. The van der Waals surface area contributed by atoms with Crippen LogP contribution >= 0.6 is 0 Å². The van der Waals surface area contributed by atoms with Crippen molar-refractivity contribution >= 4 is 11.4 Å². The third kappa shape index (κ3) is 3.83. The van der Waals surface area contributed by atoms with Gasteiger partial charge in [-0.3, -0.25) is 5.41 Å². The Morgan fingerprint density at radius 3 is 2.70 bits per heavy atom. The van der Waals surface area contributed by atoms with E-state index in [1.54, 1.807) is 14.2 Å². The van der Waals surface area contributed by atoms with Crippen molar-refractivity contribution in [2.45, 2.75) is 26.4 Å². The molecule has 1 fully saturated rings. The van der Waals surface area contributed by atoms with Crippen LogP contribution < -0.4 is 16.1 Å². The molecule has 6 nitrogen and oxygen atoms in total. The molecule has 1 aromatic carbocycles. The third-order valence-corrected chi connectivity index (χ3v) is 4.11. The zero-order valence-corrected chi connectivity index (χ0v) is 14.3. The quantitative estimate of drug-likeness (QED) is 0.439. The van der Waals surface area contributed by atoms with Crippen LogP contribution in [0.3, 0.4) is 0 Å². The summed E-state index contributed by atoms with van der Waals surface area (Å²) in [6, 6.07) is 5.76. The van der Waals surface area contributed by atoms with Crippen LogP contribution in [0.5, 0.6) is 5.75 Å². The SMILES string of the molecule is CNOc1ccc(C(C(=N)N2CC[C@H](OC)C2)=C(C)N)c(C)c1. The van der Waals surface area contributed by atoms with Gasteiger partial charge >= 0.3 is 0 Å². The van der Waals surface area contributed by atoms with E-state index in [-0.39, 0.29) is 6.10 Å². The van der Waals surface area contributed by atoms with Crippen LogP contribution in [-0.2, 0) is 4.74 Å². The Hall–Kier alpha value is -2.05. The van der Waals surface area contributed by atoms with Crippen molar-refractivity contribution in [3.63, 3.8) is 0 Å². The third-order valence-electron chi connectivity index (χ3n) is 4.11. The number of nitrogens with zero attached hydrogens (tertiary/aromatic N) is 1. The second-order valence-corrected chi connectivity index (χ2v) is 5.78. The second-order valence-electron chi connectivity index (χ2n) is 5.78. The molecule has 126 valence electrons. The van der Waals surface area contributed by atoms with Crippen LogP contribution in [0.2, 0.25) is 0 Å². The molecule has 1 aromatic rings. The Labute approximate surface area is 137 Å². The number of amidine groups is 1. The van der Waals surface area contributed by atoms with E-state index in [2.05, 4.69) is 5.48 Å². The first-order chi connectivity index (χ1) is 11.0. The lowest BCUT2D eigenvalue weighted by Crippen LogP contribution is -2.31. The number of benzene rings is 1. The molecule has 1 saturated heterocycles. The van der Waals surface area contributed by atoms with Gasteiger partial charge in [-0.1, -0.05) is 6.07 Å². The number of hydrogen-bond donors (Lipinski definition) is 3. The number of methoxy groups -OCH3 is 1. The van der Waals surface area contributed by atoms with Crippen LogP contribution in [0.25, 0.3) is 5.57 Å². The van der Waals surface area contributed by atoms with Crippen molar-refractivity contribution in [1.82, 2.24) is 10.4 Å². The topological polar surface area (TPSA) is 83.6 Å². The number of allylic oxidation sites excluding steroid dienone is 1. The van der Waals surface area contributed by atoms with Gasteiger partial charge < -0.3 is 20.2 Å². The van der Waals surface area contributed by atoms with Crippen molar-refractivity contribution in [2.24, 2.45) is 5.73 Å². The normalized spacial score (nSPS) is 18.8. The van der Waals surface area contributed by atoms with Crippen molar-refractivity contribution in [3.05, 3.63) is 35.0 Å². The van der Waals surface area contributed by atoms with E-state index in [4.69, 9.17) is 20.7 Å². The maximum absolute atomic E-state index is 8.60. The Bertz CT molecular complexity index is 609. The van der Waals surface area contributed by atoms with Gasteiger partial charge in [-0.15, -0.1) is 0 Å². The number of nitrogens with one attached hydrogen (secondary N) is 2. The molecule has 1 atom stereocenters. The molecule has 0 unspecified atom stereocenters. The molecule has 0 aliphatic carbocycles. The highest BCUT2D eigenvalue weighted by atomic mass is 16.6. The monoisotopic (exact) mass is 318 g/mol. The summed E-state index contributed by atoms with van der Waals surface area (Å²) in [6.45, 7) is 5.38. The summed E-state index contributed by atoms with van der Waals surface area (Å²) >= 11 is 0. The Morgan fingerprint density at radius 1 is 1.43 bits per heavy atom. The summed E-state index contributed by atoms with van der Waals surface area (Å²) in [7, 11) is 3.43. The van der Waals surface area contributed by atoms with Gasteiger partial charge in [0.25, 0.3) is 0 Å². The number of likely N-dealkylation sites (tertiary alicyclic amines) is 1. The van der Waals surface area contributed by atoms with Gasteiger partial charge in [0.1, 0.15) is 11.6 Å². The van der Waals surface area contributed by atoms with Crippen molar-refractivity contribution in [1.29, 1.82) is 5.41 Å². The minimum absolute atomic E-state index is 0.183. The lowest BCUT2D eigenvalue weighted by molar-refractivity contribution is 0.114. The van der Waals surface area contributed by atoms with E-state index < -0.39 is 0 Å². The summed E-state index contributed by atoms with van der Waals surface area (Å²) in [5, 5.41) is 8.60. The maximum atomic E-state index is 8.60. The highest BCUT2D eigenvalue weighted by molar-refractivity contribution is 6.22. The van der Waals surface area contributed by atoms with Gasteiger partial charge in [0.05, 0.1) is 6.10 Å². The molecular formula is C17H26N4O2. The summed E-state index contributed by atoms with van der Waals surface area (Å²) in [6.07, 6.45) is 1.12. The average molecular weight is 318 g/mol. The molecule has 0 aromatic heterocycles. The largest absolute Gasteiger partial charge is 0.409 e. The number of aryl methyl sites for hydroxylation is 1. The molecule has 0 amide bonds. The van der Waals surface area contributed by atoms with Gasteiger partial charge in [-0.05, 0) is 43.5 Å². The first kappa shape index (κ1) is 17.3. The molecule has 1 aliphatic heterocycles. The van der Waals surface area contributed by atoms with Crippen molar-refractivity contribution in [3.8, 4) is 5.75 Å². The van der Waals surface area contributed by atoms with Crippen LogP contribution in [0.1, 0.15) is 24.5 Å². The zero-order valence-electron chi connectivity index (χ0n) is 14.3. The minimum Gasteiger partial charge on any atom is -0.409 e. The fourth-order valence-electron chi connectivity index (χ4n) is 2.91.